The monoisotopic (exact) mass is 445 g/mol. The average Bonchev–Trinajstić information content (AvgIpc) is 2.87. The third-order valence-electron chi connectivity index (χ3n) is 5.19. The molecule has 4 aromatic rings. The highest BCUT2D eigenvalue weighted by atomic mass is 16.5. The second-order valence-corrected chi connectivity index (χ2v) is 7.38. The van der Waals surface area contributed by atoms with E-state index in [0.29, 0.717) is 28.0 Å². The molecule has 1 heterocycles. The minimum Gasteiger partial charge on any atom is -0.497 e. The molecule has 1 aromatic heterocycles. The zero-order chi connectivity index (χ0) is 23.2. The van der Waals surface area contributed by atoms with Crippen LogP contribution in [-0.2, 0) is 4.79 Å². The SMILES string of the molecule is COc1ccc(-c2coc3cc(OCC(=O)NCC(O)c4ccccc4)ccc3c2=O)cc1. The van der Waals surface area contributed by atoms with Crippen LogP contribution in [0.3, 0.4) is 0 Å². The minimum absolute atomic E-state index is 0.0763. The predicted octanol–water partition coefficient (Wildman–Crippen LogP) is 3.70. The molecule has 1 unspecified atom stereocenters. The Bertz CT molecular complexity index is 1300. The number of benzene rings is 3. The second-order valence-electron chi connectivity index (χ2n) is 7.38. The van der Waals surface area contributed by atoms with Crippen molar-refractivity contribution in [3.05, 3.63) is 94.8 Å². The summed E-state index contributed by atoms with van der Waals surface area (Å²) < 4.78 is 16.3. The number of aliphatic hydroxyl groups excluding tert-OH is 1. The van der Waals surface area contributed by atoms with E-state index in [0.717, 1.165) is 11.1 Å². The minimum atomic E-state index is -0.801. The van der Waals surface area contributed by atoms with Gasteiger partial charge in [-0.3, -0.25) is 9.59 Å². The highest BCUT2D eigenvalue weighted by molar-refractivity contribution is 5.83. The molecule has 0 aliphatic carbocycles. The van der Waals surface area contributed by atoms with Crippen LogP contribution >= 0.6 is 0 Å². The Balaban J connectivity index is 1.39. The molecule has 33 heavy (non-hydrogen) atoms. The summed E-state index contributed by atoms with van der Waals surface area (Å²) in [7, 11) is 1.58. The zero-order valence-corrected chi connectivity index (χ0v) is 18.0. The van der Waals surface area contributed by atoms with Crippen LogP contribution in [0.25, 0.3) is 22.1 Å². The molecule has 0 fully saturated rings. The highest BCUT2D eigenvalue weighted by Crippen LogP contribution is 2.24. The fourth-order valence-electron chi connectivity index (χ4n) is 3.37. The number of carbonyl (C=O) groups excluding carboxylic acids is 1. The van der Waals surface area contributed by atoms with Gasteiger partial charge in [-0.15, -0.1) is 0 Å². The van der Waals surface area contributed by atoms with Crippen LogP contribution in [0, 0.1) is 0 Å². The molecule has 0 spiro atoms. The van der Waals surface area contributed by atoms with Gasteiger partial charge >= 0.3 is 0 Å². The molecule has 0 saturated carbocycles. The first-order chi connectivity index (χ1) is 16.0. The quantitative estimate of drug-likeness (QED) is 0.429. The van der Waals surface area contributed by atoms with Crippen molar-refractivity contribution < 1.29 is 23.8 Å². The van der Waals surface area contributed by atoms with E-state index in [1.54, 1.807) is 61.7 Å². The third kappa shape index (κ3) is 5.22. The van der Waals surface area contributed by atoms with E-state index < -0.39 is 6.10 Å². The standard InChI is InChI=1S/C26H23NO6/c1-31-19-9-7-17(8-10-19)22-15-33-24-13-20(11-12-21(24)26(22)30)32-16-25(29)27-14-23(28)18-5-3-2-4-6-18/h2-13,15,23,28H,14,16H2,1H3,(H,27,29). The van der Waals surface area contributed by atoms with Crippen LogP contribution < -0.4 is 20.2 Å². The van der Waals surface area contributed by atoms with Crippen molar-refractivity contribution in [2.75, 3.05) is 20.3 Å². The Morgan fingerprint density at radius 1 is 1.03 bits per heavy atom. The van der Waals surface area contributed by atoms with Gasteiger partial charge in [-0.25, -0.2) is 0 Å². The van der Waals surface area contributed by atoms with Crippen molar-refractivity contribution in [2.45, 2.75) is 6.10 Å². The molecule has 2 N–H and O–H groups in total. The molecular weight excluding hydrogens is 422 g/mol. The second kappa shape index (κ2) is 10.0. The van der Waals surface area contributed by atoms with Crippen molar-refractivity contribution in [3.63, 3.8) is 0 Å². The number of ether oxygens (including phenoxy) is 2. The van der Waals surface area contributed by atoms with Crippen LogP contribution in [0.5, 0.6) is 11.5 Å². The van der Waals surface area contributed by atoms with Crippen LogP contribution in [0.1, 0.15) is 11.7 Å². The Morgan fingerprint density at radius 2 is 1.76 bits per heavy atom. The number of aliphatic hydroxyl groups is 1. The lowest BCUT2D eigenvalue weighted by molar-refractivity contribution is -0.123. The van der Waals surface area contributed by atoms with Gasteiger partial charge in [0.25, 0.3) is 5.91 Å². The van der Waals surface area contributed by atoms with E-state index in [1.807, 2.05) is 18.2 Å². The van der Waals surface area contributed by atoms with Gasteiger partial charge in [0, 0.05) is 12.6 Å². The number of hydrogen-bond donors (Lipinski definition) is 2. The van der Waals surface area contributed by atoms with E-state index in [4.69, 9.17) is 13.9 Å². The smallest absolute Gasteiger partial charge is 0.258 e. The first-order valence-corrected chi connectivity index (χ1v) is 10.4. The highest BCUT2D eigenvalue weighted by Gasteiger charge is 2.12. The largest absolute Gasteiger partial charge is 0.497 e. The number of fused-ring (bicyclic) bond motifs is 1. The fraction of sp³-hybridized carbons (Fsp3) is 0.154. The molecule has 0 saturated heterocycles. The van der Waals surface area contributed by atoms with Gasteiger partial charge in [0.1, 0.15) is 23.3 Å². The first-order valence-electron chi connectivity index (χ1n) is 10.4. The molecule has 0 aliphatic heterocycles. The summed E-state index contributed by atoms with van der Waals surface area (Å²) in [6.45, 7) is -0.159. The van der Waals surface area contributed by atoms with Crippen molar-refractivity contribution in [2.24, 2.45) is 0 Å². The van der Waals surface area contributed by atoms with E-state index in [1.165, 1.54) is 6.26 Å². The summed E-state index contributed by atoms with van der Waals surface area (Å²) in [6.07, 6.45) is 0.610. The van der Waals surface area contributed by atoms with E-state index in [2.05, 4.69) is 5.32 Å². The predicted molar refractivity (Wildman–Crippen MR) is 124 cm³/mol. The average molecular weight is 445 g/mol. The number of amides is 1. The fourth-order valence-corrected chi connectivity index (χ4v) is 3.37. The van der Waals surface area contributed by atoms with Gasteiger partial charge in [-0.05, 0) is 35.4 Å². The number of methoxy groups -OCH3 is 1. The van der Waals surface area contributed by atoms with Gasteiger partial charge in [0.2, 0.25) is 0 Å². The maximum absolute atomic E-state index is 12.9. The van der Waals surface area contributed by atoms with Gasteiger partial charge in [-0.2, -0.15) is 0 Å². The third-order valence-corrected chi connectivity index (χ3v) is 5.19. The number of hydrogen-bond acceptors (Lipinski definition) is 6. The molecule has 3 aromatic carbocycles. The lowest BCUT2D eigenvalue weighted by Crippen LogP contribution is -2.32. The summed E-state index contributed by atoms with van der Waals surface area (Å²) >= 11 is 0. The summed E-state index contributed by atoms with van der Waals surface area (Å²) in [5.41, 5.74) is 2.07. The van der Waals surface area contributed by atoms with Crippen molar-refractivity contribution in [3.8, 4) is 22.6 Å². The number of rotatable bonds is 8. The summed E-state index contributed by atoms with van der Waals surface area (Å²) in [6, 6.07) is 21.0. The van der Waals surface area contributed by atoms with Gasteiger partial charge in [-0.1, -0.05) is 42.5 Å². The lowest BCUT2D eigenvalue weighted by Gasteiger charge is -2.12. The lowest BCUT2D eigenvalue weighted by atomic mass is 10.1. The van der Waals surface area contributed by atoms with Crippen molar-refractivity contribution in [1.29, 1.82) is 0 Å². The molecule has 1 amide bonds. The Labute approximate surface area is 190 Å². The van der Waals surface area contributed by atoms with Crippen molar-refractivity contribution >= 4 is 16.9 Å². The summed E-state index contributed by atoms with van der Waals surface area (Å²) in [4.78, 5) is 25.0. The topological polar surface area (TPSA) is 98.0 Å². The maximum atomic E-state index is 12.9. The molecule has 0 bridgehead atoms. The molecule has 0 aliphatic rings. The normalized spacial score (nSPS) is 11.7. The van der Waals surface area contributed by atoms with Gasteiger partial charge < -0.3 is 24.3 Å². The van der Waals surface area contributed by atoms with E-state index in [-0.39, 0.29) is 24.5 Å². The molecule has 0 radical (unpaired) electrons. The molecule has 7 nitrogen and oxygen atoms in total. The Kier molecular flexibility index (Phi) is 6.71. The van der Waals surface area contributed by atoms with Crippen molar-refractivity contribution in [1.82, 2.24) is 5.32 Å². The zero-order valence-electron chi connectivity index (χ0n) is 18.0. The summed E-state index contributed by atoms with van der Waals surface area (Å²) in [5, 5.41) is 13.2. The maximum Gasteiger partial charge on any atom is 0.258 e. The molecular formula is C26H23NO6. The number of carbonyl (C=O) groups is 1. The van der Waals surface area contributed by atoms with Gasteiger partial charge in [0.15, 0.2) is 12.0 Å². The van der Waals surface area contributed by atoms with Crippen LogP contribution in [0.2, 0.25) is 0 Å². The Morgan fingerprint density at radius 3 is 2.48 bits per heavy atom. The first kappa shape index (κ1) is 22.1. The van der Waals surface area contributed by atoms with Gasteiger partial charge in [0.05, 0.1) is 24.2 Å². The molecule has 7 heteroatoms. The number of nitrogens with one attached hydrogen (secondary N) is 1. The molecule has 168 valence electrons. The van der Waals surface area contributed by atoms with Crippen LogP contribution in [-0.4, -0.2) is 31.3 Å². The Hall–Kier alpha value is -4.10. The van der Waals surface area contributed by atoms with Crippen LogP contribution in [0.15, 0.2) is 88.3 Å². The summed E-state index contributed by atoms with van der Waals surface area (Å²) in [5.74, 6) is 0.715. The molecule has 4 rings (SSSR count). The van der Waals surface area contributed by atoms with E-state index in [9.17, 15) is 14.7 Å². The molecule has 1 atom stereocenters. The van der Waals surface area contributed by atoms with Crippen LogP contribution in [0.4, 0.5) is 0 Å². The van der Waals surface area contributed by atoms with E-state index >= 15 is 0 Å².